The molecule has 0 saturated carbocycles. The normalized spacial score (nSPS) is 12.6. The van der Waals surface area contributed by atoms with Crippen LogP contribution in [0.4, 0.5) is 24.5 Å². The van der Waals surface area contributed by atoms with Crippen molar-refractivity contribution < 1.29 is 45.7 Å². The first-order valence-corrected chi connectivity index (χ1v) is 5.97. The highest BCUT2D eigenvalue weighted by Crippen LogP contribution is 2.33. The van der Waals surface area contributed by atoms with Crippen LogP contribution in [0.25, 0.3) is 0 Å². The van der Waals surface area contributed by atoms with Crippen LogP contribution in [0.2, 0.25) is 0 Å². The molecule has 22 heavy (non-hydrogen) atoms. The van der Waals surface area contributed by atoms with Crippen LogP contribution in [0.3, 0.4) is 0 Å². The van der Waals surface area contributed by atoms with Gasteiger partial charge in [0.1, 0.15) is 0 Å². The van der Waals surface area contributed by atoms with Gasteiger partial charge >= 0.3 is 17.8 Å². The van der Waals surface area contributed by atoms with Gasteiger partial charge in [-0.05, 0) is 6.07 Å². The molecule has 0 bridgehead atoms. The molecule has 0 amide bonds. The molecule has 0 aliphatic rings. The molecule has 0 aromatic heterocycles. The molecule has 0 fully saturated rings. The summed E-state index contributed by atoms with van der Waals surface area (Å²) in [6, 6.07) is 0.989. The van der Waals surface area contributed by atoms with Gasteiger partial charge in [-0.2, -0.15) is 13.2 Å². The van der Waals surface area contributed by atoms with E-state index in [1.165, 1.54) is 0 Å². The number of carboxylic acid groups (broad SMARTS) is 1. The van der Waals surface area contributed by atoms with Gasteiger partial charge in [-0.25, -0.2) is 4.79 Å². The largest absolute Gasteiger partial charge is 1.00 e. The molecule has 1 aromatic rings. The molecule has 1 rings (SSSR count). The van der Waals surface area contributed by atoms with Crippen LogP contribution in [-0.2, 0) is 11.0 Å². The van der Waals surface area contributed by atoms with Crippen LogP contribution < -0.4 is 17.7 Å². The lowest BCUT2D eigenvalue weighted by atomic mass is 10.0. The minimum absolute atomic E-state index is 0. The number of carboxylic acids is 1. The van der Waals surface area contributed by atoms with Crippen molar-refractivity contribution in [1.29, 1.82) is 0 Å². The van der Waals surface area contributed by atoms with Crippen molar-refractivity contribution >= 4 is 17.3 Å². The summed E-state index contributed by atoms with van der Waals surface area (Å²) in [4.78, 5) is 21.0. The average molecular weight is 343 g/mol. The van der Waals surface area contributed by atoms with Gasteiger partial charge in [0.25, 0.3) is 0 Å². The van der Waals surface area contributed by atoms with Crippen LogP contribution in [0, 0.1) is 16.0 Å². The van der Waals surface area contributed by atoms with Crippen LogP contribution in [0.5, 0.6) is 0 Å². The van der Waals surface area contributed by atoms with E-state index >= 15 is 0 Å². The Bertz CT molecular complexity index is 564. The summed E-state index contributed by atoms with van der Waals surface area (Å²) in [7, 11) is 0. The Hall–Kier alpha value is -1.87. The van der Waals surface area contributed by atoms with E-state index in [4.69, 9.17) is 5.11 Å². The summed E-state index contributed by atoms with van der Waals surface area (Å²) in [6.45, 7) is 3.20. The van der Waals surface area contributed by atoms with E-state index in [0.717, 1.165) is 11.4 Å². The quantitative estimate of drug-likeness (QED) is 0.404. The van der Waals surface area contributed by atoms with Gasteiger partial charge < -0.3 is 17.5 Å². The van der Waals surface area contributed by atoms with Gasteiger partial charge in [0.05, 0.1) is 10.5 Å². The maximum atomic E-state index is 12.6. The molecule has 0 spiro atoms. The molecule has 1 unspecified atom stereocenters. The zero-order valence-electron chi connectivity index (χ0n) is 11.6. The number of nitro groups is 1. The molecule has 1 atom stereocenters. The number of halogens is 4. The number of nitro benzene ring substituents is 1. The van der Waals surface area contributed by atoms with Crippen molar-refractivity contribution in [1.82, 2.24) is 0 Å². The third-order valence-electron chi connectivity index (χ3n) is 2.92. The van der Waals surface area contributed by atoms with E-state index in [0.29, 0.717) is 12.1 Å². The second-order valence-corrected chi connectivity index (χ2v) is 4.80. The molecule has 3 N–H and O–H groups in total. The molecule has 0 heterocycles. The van der Waals surface area contributed by atoms with E-state index in [1.807, 2.05) is 0 Å². The number of quaternary nitrogens is 1. The highest BCUT2D eigenvalue weighted by atomic mass is 35.5. The van der Waals surface area contributed by atoms with E-state index in [2.05, 4.69) is 0 Å². The Morgan fingerprint density at radius 1 is 1.36 bits per heavy atom. The Kier molecular flexibility index (Phi) is 6.78. The third kappa shape index (κ3) is 4.85. The number of rotatable bonds is 5. The lowest BCUT2D eigenvalue weighted by Crippen LogP contribution is -3.00. The summed E-state index contributed by atoms with van der Waals surface area (Å²) < 4.78 is 37.7. The lowest BCUT2D eigenvalue weighted by Gasteiger charge is -2.15. The predicted octanol–water partition coefficient (Wildman–Crippen LogP) is -1.08. The van der Waals surface area contributed by atoms with Crippen LogP contribution in [0.15, 0.2) is 18.2 Å². The molecule has 6 nitrogen and oxygen atoms in total. The summed E-state index contributed by atoms with van der Waals surface area (Å²) >= 11 is 0. The summed E-state index contributed by atoms with van der Waals surface area (Å²) in [6.07, 6.45) is -4.70. The molecule has 124 valence electrons. The third-order valence-corrected chi connectivity index (χ3v) is 2.92. The highest BCUT2D eigenvalue weighted by Gasteiger charge is 2.35. The fraction of sp³-hybridized carbons (Fsp3) is 0.417. The number of nitrogens with zero attached hydrogens (tertiary/aromatic N) is 1. The maximum absolute atomic E-state index is 12.6. The second kappa shape index (κ2) is 7.41. The van der Waals surface area contributed by atoms with Gasteiger partial charge in [-0.15, -0.1) is 0 Å². The standard InChI is InChI=1S/C12H13F3N2O4.ClH/c1-6(2)10(11(18)19)16-8-4-3-7(12(13,14)15)5-9(8)17(20)21;/h3-6,10,16H,1-2H3,(H,18,19);1H. The SMILES string of the molecule is CC(C)C([NH2+]c1ccc(C(F)(F)F)cc1[N+](=O)[O-])C(=O)O.[Cl-]. The molecule has 0 aliphatic carbocycles. The van der Waals surface area contributed by atoms with Crippen molar-refractivity contribution in [3.05, 3.63) is 33.9 Å². The number of hydrogen-bond donors (Lipinski definition) is 2. The van der Waals surface area contributed by atoms with Gasteiger partial charge in [0.2, 0.25) is 5.69 Å². The smallest absolute Gasteiger partial charge is 0.416 e. The fourth-order valence-corrected chi connectivity index (χ4v) is 1.76. The van der Waals surface area contributed by atoms with Gasteiger partial charge in [-0.3, -0.25) is 15.4 Å². The number of carbonyl (C=O) groups is 1. The number of benzene rings is 1. The Labute approximate surface area is 129 Å². The van der Waals surface area contributed by atoms with Gasteiger partial charge in [-0.1, -0.05) is 13.8 Å². The zero-order valence-corrected chi connectivity index (χ0v) is 12.4. The molecule has 0 saturated heterocycles. The monoisotopic (exact) mass is 342 g/mol. The van der Waals surface area contributed by atoms with Crippen molar-refractivity contribution in [2.45, 2.75) is 26.1 Å². The van der Waals surface area contributed by atoms with E-state index in [1.54, 1.807) is 13.8 Å². The van der Waals surface area contributed by atoms with E-state index in [9.17, 15) is 28.1 Å². The molecular formula is C12H14ClF3N2O4. The Morgan fingerprint density at radius 3 is 2.27 bits per heavy atom. The Morgan fingerprint density at radius 2 is 1.91 bits per heavy atom. The summed E-state index contributed by atoms with van der Waals surface area (Å²) in [5.41, 5.74) is -2.06. The molecular weight excluding hydrogens is 329 g/mol. The number of alkyl halides is 3. The van der Waals surface area contributed by atoms with Crippen LogP contribution >= 0.6 is 0 Å². The van der Waals surface area contributed by atoms with E-state index < -0.39 is 34.4 Å². The molecule has 1 aromatic carbocycles. The van der Waals surface area contributed by atoms with Crippen LogP contribution in [-0.4, -0.2) is 22.0 Å². The summed E-state index contributed by atoms with van der Waals surface area (Å²) in [5, 5.41) is 21.0. The molecule has 0 radical (unpaired) electrons. The fourth-order valence-electron chi connectivity index (χ4n) is 1.76. The van der Waals surface area contributed by atoms with Crippen molar-refractivity contribution in [2.24, 2.45) is 5.92 Å². The van der Waals surface area contributed by atoms with Gasteiger partial charge in [0.15, 0.2) is 6.04 Å². The van der Waals surface area contributed by atoms with Crippen molar-refractivity contribution in [3.8, 4) is 0 Å². The highest BCUT2D eigenvalue weighted by molar-refractivity contribution is 5.72. The van der Waals surface area contributed by atoms with Crippen LogP contribution in [0.1, 0.15) is 19.4 Å². The first-order chi connectivity index (χ1) is 9.54. The van der Waals surface area contributed by atoms with Crippen molar-refractivity contribution in [2.75, 3.05) is 0 Å². The van der Waals surface area contributed by atoms with Crippen molar-refractivity contribution in [3.63, 3.8) is 0 Å². The molecule has 10 heteroatoms. The Balaban J connectivity index is 0.00000441. The second-order valence-electron chi connectivity index (χ2n) is 4.80. The number of aliphatic carboxylic acids is 1. The first-order valence-electron chi connectivity index (χ1n) is 5.97. The summed E-state index contributed by atoms with van der Waals surface area (Å²) in [5.74, 6) is -1.55. The maximum Gasteiger partial charge on any atom is 0.416 e. The molecule has 0 aliphatic heterocycles. The predicted molar refractivity (Wildman–Crippen MR) is 65.9 cm³/mol. The minimum atomic E-state index is -4.70. The minimum Gasteiger partial charge on any atom is -1.00 e. The zero-order chi connectivity index (χ0) is 16.4. The topological polar surface area (TPSA) is 97.0 Å². The van der Waals surface area contributed by atoms with Gasteiger partial charge in [0, 0.05) is 18.1 Å². The number of nitrogens with two attached hydrogens (primary N) is 1. The number of hydrogen-bond acceptors (Lipinski definition) is 3. The average Bonchev–Trinajstić information content (AvgIpc) is 2.33. The lowest BCUT2D eigenvalue weighted by molar-refractivity contribution is -0.609. The van der Waals surface area contributed by atoms with E-state index in [-0.39, 0.29) is 24.0 Å². The first kappa shape index (κ1) is 20.1.